The zero-order valence-corrected chi connectivity index (χ0v) is 18.8. The summed E-state index contributed by atoms with van der Waals surface area (Å²) in [5.41, 5.74) is 9.37. The Bertz CT molecular complexity index is 1080. The summed E-state index contributed by atoms with van der Waals surface area (Å²) in [7, 11) is -4.29. The molecule has 2 aromatic carbocycles. The molecule has 1 N–H and O–H groups in total. The lowest BCUT2D eigenvalue weighted by atomic mass is 10.0. The van der Waals surface area contributed by atoms with E-state index in [1.54, 1.807) is 36.4 Å². The standard InChI is InChI=1S/C21H23F2N3O7S/c1-34(29,30)33-17(12-27)19(31-13-15-8-4-2-5-9-15)21(22,23)18(25-26-24)14-32-20(28)16-10-6-3-7-11-16/h2-11,17-19,27H,12-14H2,1H3/t17-,18-,19-/m1/s1. The van der Waals surface area contributed by atoms with Gasteiger partial charge < -0.3 is 14.6 Å². The van der Waals surface area contributed by atoms with Crippen LogP contribution in [0.15, 0.2) is 65.8 Å². The highest BCUT2D eigenvalue weighted by Crippen LogP contribution is 2.33. The molecule has 3 atom stereocenters. The number of carbonyl (C=O) groups is 1. The Morgan fingerprint density at radius 3 is 2.26 bits per heavy atom. The van der Waals surface area contributed by atoms with Crippen molar-refractivity contribution in [2.75, 3.05) is 19.5 Å². The molecule has 0 aliphatic carbocycles. The molecule has 0 radical (unpaired) electrons. The smallest absolute Gasteiger partial charge is 0.338 e. The van der Waals surface area contributed by atoms with Crippen LogP contribution in [-0.2, 0) is 30.4 Å². The molecule has 0 heterocycles. The Kier molecular flexibility index (Phi) is 9.90. The molecule has 0 fully saturated rings. The first-order valence-electron chi connectivity index (χ1n) is 9.87. The number of aliphatic hydroxyl groups excluding tert-OH is 1. The Morgan fingerprint density at radius 2 is 1.74 bits per heavy atom. The lowest BCUT2D eigenvalue weighted by molar-refractivity contribution is -0.195. The molecule has 0 spiro atoms. The lowest BCUT2D eigenvalue weighted by Gasteiger charge is -2.34. The van der Waals surface area contributed by atoms with Crippen LogP contribution < -0.4 is 0 Å². The lowest BCUT2D eigenvalue weighted by Crippen LogP contribution is -2.54. The molecule has 0 saturated carbocycles. The van der Waals surface area contributed by atoms with Crippen LogP contribution in [0.2, 0.25) is 0 Å². The highest BCUT2D eigenvalue weighted by Gasteiger charge is 2.53. The third-order valence-corrected chi connectivity index (χ3v) is 5.08. The maximum atomic E-state index is 15.5. The zero-order valence-electron chi connectivity index (χ0n) is 18.0. The normalized spacial score (nSPS) is 14.5. The fourth-order valence-electron chi connectivity index (χ4n) is 2.91. The van der Waals surface area contributed by atoms with E-state index in [4.69, 9.17) is 15.0 Å². The van der Waals surface area contributed by atoms with E-state index in [1.807, 2.05) is 0 Å². The number of nitrogens with zero attached hydrogens (tertiary/aromatic N) is 3. The van der Waals surface area contributed by atoms with Crippen molar-refractivity contribution in [3.05, 3.63) is 82.2 Å². The largest absolute Gasteiger partial charge is 0.461 e. The van der Waals surface area contributed by atoms with Crippen molar-refractivity contribution in [2.45, 2.75) is 30.8 Å². The predicted octanol–water partition coefficient (Wildman–Crippen LogP) is 3.08. The third-order valence-electron chi connectivity index (χ3n) is 4.48. The predicted molar refractivity (Wildman–Crippen MR) is 116 cm³/mol. The highest BCUT2D eigenvalue weighted by molar-refractivity contribution is 7.86. The van der Waals surface area contributed by atoms with Crippen molar-refractivity contribution in [1.82, 2.24) is 0 Å². The van der Waals surface area contributed by atoms with Crippen molar-refractivity contribution < 1.29 is 40.8 Å². The average Bonchev–Trinajstić information content (AvgIpc) is 2.81. The number of ether oxygens (including phenoxy) is 2. The van der Waals surface area contributed by atoms with Crippen LogP contribution in [-0.4, -0.2) is 63.1 Å². The Hall–Kier alpha value is -3.09. The quantitative estimate of drug-likeness (QED) is 0.146. The summed E-state index contributed by atoms with van der Waals surface area (Å²) in [5.74, 6) is -5.07. The fourth-order valence-corrected chi connectivity index (χ4v) is 3.52. The molecule has 2 rings (SSSR count). The van der Waals surface area contributed by atoms with Gasteiger partial charge in [0.05, 0.1) is 25.0 Å². The summed E-state index contributed by atoms with van der Waals surface area (Å²) >= 11 is 0. The van der Waals surface area contributed by atoms with E-state index in [9.17, 15) is 18.3 Å². The number of benzene rings is 2. The van der Waals surface area contributed by atoms with Gasteiger partial charge in [-0.3, -0.25) is 4.18 Å². The summed E-state index contributed by atoms with van der Waals surface area (Å²) in [6.07, 6.45) is -3.82. The van der Waals surface area contributed by atoms with Crippen LogP contribution in [0.4, 0.5) is 8.78 Å². The van der Waals surface area contributed by atoms with Crippen molar-refractivity contribution in [1.29, 1.82) is 0 Å². The molecular formula is C21H23F2N3O7S. The summed E-state index contributed by atoms with van der Waals surface area (Å²) in [6.45, 7) is -2.61. The van der Waals surface area contributed by atoms with Gasteiger partial charge in [0.25, 0.3) is 16.0 Å². The minimum absolute atomic E-state index is 0.0797. The van der Waals surface area contributed by atoms with Crippen molar-refractivity contribution in [2.24, 2.45) is 5.11 Å². The summed E-state index contributed by atoms with van der Waals surface area (Å²) < 4.78 is 69.1. The number of alkyl halides is 2. The molecule has 0 unspecified atom stereocenters. The topological polar surface area (TPSA) is 148 Å². The van der Waals surface area contributed by atoms with Gasteiger partial charge >= 0.3 is 5.97 Å². The van der Waals surface area contributed by atoms with Gasteiger partial charge in [-0.25, -0.2) is 13.6 Å². The number of azide groups is 1. The molecule has 0 aromatic heterocycles. The number of hydrogen-bond donors (Lipinski definition) is 1. The number of halogens is 2. The van der Waals surface area contributed by atoms with Crippen molar-refractivity contribution >= 4 is 16.1 Å². The SMILES string of the molecule is CS(=O)(=O)O[C@H](CO)[C@@H](OCc1ccccc1)C(F)(F)[C@@H](COC(=O)c1ccccc1)N=[N+]=[N-]. The molecular weight excluding hydrogens is 476 g/mol. The molecule has 0 saturated heterocycles. The first kappa shape index (κ1) is 27.2. The van der Waals surface area contributed by atoms with Gasteiger partial charge in [0.1, 0.15) is 18.8 Å². The molecule has 184 valence electrons. The van der Waals surface area contributed by atoms with Crippen LogP contribution in [0.5, 0.6) is 0 Å². The van der Waals surface area contributed by atoms with E-state index in [0.717, 1.165) is 0 Å². The van der Waals surface area contributed by atoms with Gasteiger partial charge in [-0.15, -0.1) is 0 Å². The average molecular weight is 499 g/mol. The zero-order chi connectivity index (χ0) is 25.2. The molecule has 0 bridgehead atoms. The first-order valence-corrected chi connectivity index (χ1v) is 11.7. The van der Waals surface area contributed by atoms with Crippen molar-refractivity contribution in [3.8, 4) is 0 Å². The van der Waals surface area contributed by atoms with E-state index >= 15 is 8.78 Å². The Labute approximate surface area is 194 Å². The Balaban J connectivity index is 2.31. The van der Waals surface area contributed by atoms with Gasteiger partial charge in [0, 0.05) is 4.91 Å². The molecule has 10 nitrogen and oxygen atoms in total. The molecule has 0 aliphatic heterocycles. The minimum atomic E-state index is -4.29. The second-order valence-corrected chi connectivity index (χ2v) is 8.70. The first-order chi connectivity index (χ1) is 16.1. The minimum Gasteiger partial charge on any atom is -0.461 e. The Morgan fingerprint density at radius 1 is 1.15 bits per heavy atom. The van der Waals surface area contributed by atoms with Crippen LogP contribution in [0.3, 0.4) is 0 Å². The van der Waals surface area contributed by atoms with Gasteiger partial charge in [-0.05, 0) is 23.2 Å². The van der Waals surface area contributed by atoms with E-state index in [-0.39, 0.29) is 5.56 Å². The third kappa shape index (κ3) is 8.04. The highest BCUT2D eigenvalue weighted by atomic mass is 32.2. The number of aliphatic hydroxyl groups is 1. The van der Waals surface area contributed by atoms with Crippen LogP contribution in [0.1, 0.15) is 15.9 Å². The van der Waals surface area contributed by atoms with Gasteiger partial charge in [-0.1, -0.05) is 53.6 Å². The molecule has 0 amide bonds. The molecule has 13 heteroatoms. The summed E-state index contributed by atoms with van der Waals surface area (Å²) in [4.78, 5) is 14.6. The van der Waals surface area contributed by atoms with E-state index in [0.29, 0.717) is 11.8 Å². The second kappa shape index (κ2) is 12.4. The fraction of sp³-hybridized carbons (Fsp3) is 0.381. The van der Waals surface area contributed by atoms with Crippen LogP contribution >= 0.6 is 0 Å². The molecule has 2 aromatic rings. The molecule has 0 aliphatic rings. The number of rotatable bonds is 13. The maximum absolute atomic E-state index is 15.5. The summed E-state index contributed by atoms with van der Waals surface area (Å²) in [6, 6.07) is 13.3. The summed E-state index contributed by atoms with van der Waals surface area (Å²) in [5, 5.41) is 12.6. The number of esters is 1. The number of carbonyl (C=O) groups excluding carboxylic acids is 1. The van der Waals surface area contributed by atoms with Crippen LogP contribution in [0, 0.1) is 0 Å². The van der Waals surface area contributed by atoms with E-state index < -0.39 is 60.1 Å². The second-order valence-electron chi connectivity index (χ2n) is 7.10. The van der Waals surface area contributed by atoms with Gasteiger partial charge in [0.2, 0.25) is 0 Å². The van der Waals surface area contributed by atoms with Crippen LogP contribution in [0.25, 0.3) is 10.4 Å². The van der Waals surface area contributed by atoms with Gasteiger partial charge in [-0.2, -0.15) is 8.42 Å². The van der Waals surface area contributed by atoms with Gasteiger partial charge in [0.15, 0.2) is 6.10 Å². The molecule has 34 heavy (non-hydrogen) atoms. The monoisotopic (exact) mass is 499 g/mol. The maximum Gasteiger partial charge on any atom is 0.338 e. The van der Waals surface area contributed by atoms with E-state index in [2.05, 4.69) is 14.2 Å². The van der Waals surface area contributed by atoms with E-state index in [1.165, 1.54) is 24.3 Å². The van der Waals surface area contributed by atoms with Crippen molar-refractivity contribution in [3.63, 3.8) is 0 Å². The number of hydrogen-bond acceptors (Lipinski definition) is 8.